The van der Waals surface area contributed by atoms with E-state index in [1.54, 1.807) is 24.3 Å². The van der Waals surface area contributed by atoms with Crippen molar-refractivity contribution < 1.29 is 0 Å². The fourth-order valence-electron chi connectivity index (χ4n) is 1.29. The van der Waals surface area contributed by atoms with Crippen molar-refractivity contribution in [1.82, 2.24) is 9.78 Å². The summed E-state index contributed by atoms with van der Waals surface area (Å²) < 4.78 is 1.32. The maximum absolute atomic E-state index is 11.4. The van der Waals surface area contributed by atoms with Gasteiger partial charge in [0.25, 0.3) is 5.56 Å². The van der Waals surface area contributed by atoms with E-state index in [1.807, 2.05) is 6.07 Å². The zero-order chi connectivity index (χ0) is 10.8. The number of nitriles is 1. The quantitative estimate of drug-likeness (QED) is 0.707. The lowest BCUT2D eigenvalue weighted by atomic mass is 10.2. The molecule has 2 rings (SSSR count). The third-order valence-corrected chi connectivity index (χ3v) is 1.99. The molecule has 0 aliphatic heterocycles. The van der Waals surface area contributed by atoms with Crippen LogP contribution in [0, 0.1) is 11.3 Å². The number of H-pyrrole nitrogens is 1. The van der Waals surface area contributed by atoms with E-state index in [0.717, 1.165) is 0 Å². The molecule has 5 nitrogen and oxygen atoms in total. The summed E-state index contributed by atoms with van der Waals surface area (Å²) in [5.74, 6) is 0.310. The minimum absolute atomic E-state index is 0.225. The molecule has 0 aliphatic rings. The van der Waals surface area contributed by atoms with Gasteiger partial charge in [0, 0.05) is 6.07 Å². The zero-order valence-electron chi connectivity index (χ0n) is 7.77. The molecule has 1 heterocycles. The van der Waals surface area contributed by atoms with Crippen LogP contribution in [0.25, 0.3) is 5.69 Å². The van der Waals surface area contributed by atoms with Crippen LogP contribution in [0.4, 0.5) is 5.82 Å². The zero-order valence-corrected chi connectivity index (χ0v) is 7.77. The van der Waals surface area contributed by atoms with Gasteiger partial charge in [-0.1, -0.05) is 0 Å². The topological polar surface area (TPSA) is 87.6 Å². The molecule has 1 aromatic heterocycles. The standard InChI is InChI=1S/C10H8N4O/c11-6-7-1-3-8(4-2-7)14-10(15)5-9(12)13-14/h1-5,13H,12H2. The highest BCUT2D eigenvalue weighted by Gasteiger charge is 2.02. The molecule has 5 heteroatoms. The number of aromatic amines is 1. The normalized spacial score (nSPS) is 9.80. The number of nitrogens with one attached hydrogen (secondary N) is 1. The Labute approximate surface area is 85.4 Å². The summed E-state index contributed by atoms with van der Waals surface area (Å²) in [6.07, 6.45) is 0. The number of hydrogen-bond acceptors (Lipinski definition) is 3. The summed E-state index contributed by atoms with van der Waals surface area (Å²) in [5.41, 5.74) is 6.42. The highest BCUT2D eigenvalue weighted by Crippen LogP contribution is 2.06. The van der Waals surface area contributed by atoms with Crippen LogP contribution in [0.2, 0.25) is 0 Å². The van der Waals surface area contributed by atoms with E-state index in [2.05, 4.69) is 5.10 Å². The summed E-state index contributed by atoms with van der Waals surface area (Å²) >= 11 is 0. The number of nitrogens with two attached hydrogens (primary N) is 1. The Morgan fingerprint density at radius 2 is 2.00 bits per heavy atom. The first-order valence-corrected chi connectivity index (χ1v) is 4.29. The lowest BCUT2D eigenvalue weighted by Crippen LogP contribution is -2.13. The fourth-order valence-corrected chi connectivity index (χ4v) is 1.29. The Balaban J connectivity index is 2.51. The van der Waals surface area contributed by atoms with Gasteiger partial charge in [-0.25, -0.2) is 4.68 Å². The Bertz CT molecular complexity index is 571. The van der Waals surface area contributed by atoms with Crippen molar-refractivity contribution in [3.8, 4) is 11.8 Å². The van der Waals surface area contributed by atoms with E-state index in [9.17, 15) is 4.79 Å². The second kappa shape index (κ2) is 3.35. The van der Waals surface area contributed by atoms with Gasteiger partial charge in [-0.15, -0.1) is 0 Å². The summed E-state index contributed by atoms with van der Waals surface area (Å²) in [6.45, 7) is 0. The molecule has 0 saturated carbocycles. The van der Waals surface area contributed by atoms with E-state index in [0.29, 0.717) is 17.1 Å². The van der Waals surface area contributed by atoms with E-state index in [4.69, 9.17) is 11.0 Å². The molecule has 1 aromatic carbocycles. The first-order chi connectivity index (χ1) is 7.20. The second-order valence-electron chi connectivity index (χ2n) is 3.04. The van der Waals surface area contributed by atoms with Gasteiger partial charge in [0.15, 0.2) is 0 Å². The van der Waals surface area contributed by atoms with Gasteiger partial charge in [-0.2, -0.15) is 5.26 Å². The summed E-state index contributed by atoms with van der Waals surface area (Å²) in [4.78, 5) is 11.4. The van der Waals surface area contributed by atoms with Gasteiger partial charge in [-0.05, 0) is 24.3 Å². The van der Waals surface area contributed by atoms with Crippen molar-refractivity contribution in [3.05, 3.63) is 46.2 Å². The van der Waals surface area contributed by atoms with E-state index in [1.165, 1.54) is 10.7 Å². The van der Waals surface area contributed by atoms with Crippen LogP contribution < -0.4 is 11.3 Å². The minimum Gasteiger partial charge on any atom is -0.384 e. The summed E-state index contributed by atoms with van der Waals surface area (Å²) in [6, 6.07) is 9.94. The number of hydrogen-bond donors (Lipinski definition) is 2. The summed E-state index contributed by atoms with van der Waals surface area (Å²) in [5, 5.41) is 11.3. The molecule has 0 radical (unpaired) electrons. The molecular weight excluding hydrogens is 192 g/mol. The lowest BCUT2D eigenvalue weighted by molar-refractivity contribution is 0.854. The molecule has 0 spiro atoms. The number of nitrogens with zero attached hydrogens (tertiary/aromatic N) is 2. The maximum atomic E-state index is 11.4. The largest absolute Gasteiger partial charge is 0.384 e. The van der Waals surface area contributed by atoms with Crippen molar-refractivity contribution in [2.75, 3.05) is 5.73 Å². The number of aromatic nitrogens is 2. The first-order valence-electron chi connectivity index (χ1n) is 4.29. The van der Waals surface area contributed by atoms with Crippen molar-refractivity contribution in [2.45, 2.75) is 0 Å². The highest BCUT2D eigenvalue weighted by atomic mass is 16.1. The van der Waals surface area contributed by atoms with Gasteiger partial charge in [0.2, 0.25) is 0 Å². The van der Waals surface area contributed by atoms with Crippen LogP contribution in [0.5, 0.6) is 0 Å². The van der Waals surface area contributed by atoms with Crippen molar-refractivity contribution in [2.24, 2.45) is 0 Å². The average molecular weight is 200 g/mol. The van der Waals surface area contributed by atoms with Crippen LogP contribution in [0.3, 0.4) is 0 Å². The Morgan fingerprint density at radius 3 is 2.47 bits per heavy atom. The van der Waals surface area contributed by atoms with Gasteiger partial charge in [0.1, 0.15) is 5.82 Å². The number of anilines is 1. The molecule has 2 aromatic rings. The van der Waals surface area contributed by atoms with E-state index in [-0.39, 0.29) is 5.56 Å². The third-order valence-electron chi connectivity index (χ3n) is 1.99. The Morgan fingerprint density at radius 1 is 1.33 bits per heavy atom. The molecule has 0 bridgehead atoms. The Kier molecular flexibility index (Phi) is 2.03. The fraction of sp³-hybridized carbons (Fsp3) is 0. The van der Waals surface area contributed by atoms with Crippen LogP contribution in [0.1, 0.15) is 5.56 Å². The lowest BCUT2D eigenvalue weighted by Gasteiger charge is -2.00. The molecule has 15 heavy (non-hydrogen) atoms. The van der Waals surface area contributed by atoms with Crippen LogP contribution in [-0.2, 0) is 0 Å². The van der Waals surface area contributed by atoms with Gasteiger partial charge < -0.3 is 5.73 Å². The molecule has 0 amide bonds. The van der Waals surface area contributed by atoms with E-state index >= 15 is 0 Å². The molecule has 0 aliphatic carbocycles. The second-order valence-corrected chi connectivity index (χ2v) is 3.04. The number of nitrogen functional groups attached to an aromatic ring is 1. The molecule has 74 valence electrons. The van der Waals surface area contributed by atoms with Gasteiger partial charge in [-0.3, -0.25) is 9.89 Å². The Hall–Kier alpha value is -2.48. The molecule has 0 atom stereocenters. The smallest absolute Gasteiger partial charge is 0.273 e. The average Bonchev–Trinajstić information content (AvgIpc) is 2.58. The van der Waals surface area contributed by atoms with Crippen molar-refractivity contribution in [3.63, 3.8) is 0 Å². The maximum Gasteiger partial charge on any atom is 0.273 e. The minimum atomic E-state index is -0.225. The molecule has 0 unspecified atom stereocenters. The molecule has 3 N–H and O–H groups in total. The molecule has 0 fully saturated rings. The van der Waals surface area contributed by atoms with Gasteiger partial charge >= 0.3 is 0 Å². The van der Waals surface area contributed by atoms with Gasteiger partial charge in [0.05, 0.1) is 17.3 Å². The first kappa shape index (κ1) is 9.09. The monoisotopic (exact) mass is 200 g/mol. The van der Waals surface area contributed by atoms with Crippen LogP contribution in [0.15, 0.2) is 35.1 Å². The SMILES string of the molecule is N#Cc1ccc(-n2[nH]c(N)cc2=O)cc1. The molecule has 0 saturated heterocycles. The third kappa shape index (κ3) is 1.60. The number of rotatable bonds is 1. The molecular formula is C10H8N4O. The predicted molar refractivity (Wildman–Crippen MR) is 55.5 cm³/mol. The van der Waals surface area contributed by atoms with Crippen LogP contribution >= 0.6 is 0 Å². The summed E-state index contributed by atoms with van der Waals surface area (Å²) in [7, 11) is 0. The van der Waals surface area contributed by atoms with Crippen molar-refractivity contribution in [1.29, 1.82) is 5.26 Å². The number of benzene rings is 1. The van der Waals surface area contributed by atoms with Crippen LogP contribution in [-0.4, -0.2) is 9.78 Å². The van der Waals surface area contributed by atoms with Crippen molar-refractivity contribution >= 4 is 5.82 Å². The van der Waals surface area contributed by atoms with E-state index < -0.39 is 0 Å². The highest BCUT2D eigenvalue weighted by molar-refractivity contribution is 5.40. The predicted octanol–water partition coefficient (Wildman–Crippen LogP) is 0.619.